The highest BCUT2D eigenvalue weighted by molar-refractivity contribution is 9.10. The second kappa shape index (κ2) is 6.42. The fraction of sp³-hybridized carbons (Fsp3) is 0.529. The molecule has 0 saturated carbocycles. The maximum Gasteiger partial charge on any atom is 0.0473 e. The van der Waals surface area contributed by atoms with Crippen molar-refractivity contribution in [2.75, 3.05) is 19.6 Å². The lowest BCUT2D eigenvalue weighted by atomic mass is 9.82. The highest BCUT2D eigenvalue weighted by Gasteiger charge is 2.25. The molecule has 3 heteroatoms. The van der Waals surface area contributed by atoms with Crippen molar-refractivity contribution >= 4 is 15.9 Å². The molecule has 1 aliphatic heterocycles. The molecule has 1 unspecified atom stereocenters. The van der Waals surface area contributed by atoms with Crippen LogP contribution in [0.2, 0.25) is 0 Å². The summed E-state index contributed by atoms with van der Waals surface area (Å²) in [5, 5.41) is 0. The molecule has 0 saturated heterocycles. The van der Waals surface area contributed by atoms with E-state index in [4.69, 9.17) is 5.73 Å². The minimum atomic E-state index is 0.294. The van der Waals surface area contributed by atoms with Crippen molar-refractivity contribution in [1.29, 1.82) is 0 Å². The van der Waals surface area contributed by atoms with E-state index < -0.39 is 0 Å². The van der Waals surface area contributed by atoms with E-state index in [0.29, 0.717) is 18.0 Å². The summed E-state index contributed by atoms with van der Waals surface area (Å²) in [5.74, 6) is 0. The van der Waals surface area contributed by atoms with E-state index in [9.17, 15) is 0 Å². The van der Waals surface area contributed by atoms with E-state index in [0.717, 1.165) is 24.0 Å². The summed E-state index contributed by atoms with van der Waals surface area (Å²) >= 11 is 3.49. The maximum absolute atomic E-state index is 6.02. The summed E-state index contributed by atoms with van der Waals surface area (Å²) in [7, 11) is 0. The lowest BCUT2D eigenvalue weighted by molar-refractivity contribution is 0.209. The van der Waals surface area contributed by atoms with Gasteiger partial charge in [0.05, 0.1) is 0 Å². The van der Waals surface area contributed by atoms with Gasteiger partial charge in [-0.3, -0.25) is 4.90 Å². The minimum absolute atomic E-state index is 0.294. The Bertz CT molecular complexity index is 471. The number of benzene rings is 1. The van der Waals surface area contributed by atoms with E-state index in [1.165, 1.54) is 5.56 Å². The van der Waals surface area contributed by atoms with Crippen LogP contribution in [0.5, 0.6) is 0 Å². The third kappa shape index (κ3) is 3.72. The second-order valence-electron chi connectivity index (χ2n) is 6.53. The van der Waals surface area contributed by atoms with E-state index in [1.807, 2.05) is 0 Å². The summed E-state index contributed by atoms with van der Waals surface area (Å²) in [6, 6.07) is 8.85. The Labute approximate surface area is 131 Å². The van der Waals surface area contributed by atoms with E-state index >= 15 is 0 Å². The van der Waals surface area contributed by atoms with Crippen molar-refractivity contribution in [1.82, 2.24) is 4.90 Å². The molecule has 0 spiro atoms. The van der Waals surface area contributed by atoms with Crippen LogP contribution in [0.1, 0.15) is 38.8 Å². The van der Waals surface area contributed by atoms with Crippen LogP contribution in [0, 0.1) is 5.41 Å². The summed E-state index contributed by atoms with van der Waals surface area (Å²) in [6.07, 6.45) is 3.54. The summed E-state index contributed by atoms with van der Waals surface area (Å²) in [5.41, 5.74) is 9.19. The molecule has 1 aromatic carbocycles. The highest BCUT2D eigenvalue weighted by atomic mass is 79.9. The van der Waals surface area contributed by atoms with Crippen LogP contribution in [0.15, 0.2) is 40.4 Å². The summed E-state index contributed by atoms with van der Waals surface area (Å²) < 4.78 is 1.12. The Morgan fingerprint density at radius 3 is 2.35 bits per heavy atom. The molecular weight excluding hydrogens is 312 g/mol. The normalized spacial score (nSPS) is 18.8. The van der Waals surface area contributed by atoms with Crippen LogP contribution in [-0.4, -0.2) is 24.5 Å². The van der Waals surface area contributed by atoms with Gasteiger partial charge in [0.15, 0.2) is 0 Å². The molecular formula is C17H25BrN2. The first-order chi connectivity index (χ1) is 9.41. The number of halogens is 1. The van der Waals surface area contributed by atoms with Gasteiger partial charge in [-0.1, -0.05) is 60.5 Å². The minimum Gasteiger partial charge on any atom is -0.329 e. The van der Waals surface area contributed by atoms with Crippen LogP contribution in [0.25, 0.3) is 0 Å². The summed E-state index contributed by atoms with van der Waals surface area (Å²) in [6.45, 7) is 9.66. The van der Waals surface area contributed by atoms with Crippen molar-refractivity contribution in [2.45, 2.75) is 33.2 Å². The topological polar surface area (TPSA) is 29.3 Å². The molecule has 0 fully saturated rings. The zero-order valence-corrected chi connectivity index (χ0v) is 14.3. The largest absolute Gasteiger partial charge is 0.329 e. The fourth-order valence-electron chi connectivity index (χ4n) is 2.83. The van der Waals surface area contributed by atoms with Gasteiger partial charge < -0.3 is 5.73 Å². The highest BCUT2D eigenvalue weighted by Crippen LogP contribution is 2.32. The van der Waals surface area contributed by atoms with Gasteiger partial charge in [-0.15, -0.1) is 0 Å². The SMILES string of the molecule is CC(C)(C)C1=CCN(C(CN)c2ccc(Br)cc2)CC1. The lowest BCUT2D eigenvalue weighted by Gasteiger charge is -2.36. The van der Waals surface area contributed by atoms with E-state index in [1.54, 1.807) is 5.57 Å². The monoisotopic (exact) mass is 336 g/mol. The number of rotatable bonds is 3. The van der Waals surface area contributed by atoms with Gasteiger partial charge in [0.2, 0.25) is 0 Å². The number of hydrogen-bond acceptors (Lipinski definition) is 2. The molecule has 1 aromatic rings. The first kappa shape index (κ1) is 15.7. The van der Waals surface area contributed by atoms with Gasteiger partial charge in [0.1, 0.15) is 0 Å². The van der Waals surface area contributed by atoms with Gasteiger partial charge in [-0.05, 0) is 29.5 Å². The molecule has 1 aliphatic rings. The van der Waals surface area contributed by atoms with Crippen LogP contribution in [-0.2, 0) is 0 Å². The van der Waals surface area contributed by atoms with Gasteiger partial charge in [-0.2, -0.15) is 0 Å². The molecule has 0 amide bonds. The first-order valence-corrected chi connectivity index (χ1v) is 8.10. The maximum atomic E-state index is 6.02. The predicted octanol–water partition coefficient (Wildman–Crippen LogP) is 4.13. The molecule has 1 heterocycles. The van der Waals surface area contributed by atoms with Crippen LogP contribution < -0.4 is 5.73 Å². The van der Waals surface area contributed by atoms with Crippen LogP contribution in [0.3, 0.4) is 0 Å². The zero-order valence-electron chi connectivity index (χ0n) is 12.7. The fourth-order valence-corrected chi connectivity index (χ4v) is 3.09. The Hall–Kier alpha value is -0.640. The molecule has 0 aromatic heterocycles. The predicted molar refractivity (Wildman–Crippen MR) is 89.7 cm³/mol. The Morgan fingerprint density at radius 2 is 1.90 bits per heavy atom. The molecule has 0 aliphatic carbocycles. The molecule has 0 bridgehead atoms. The third-order valence-corrected chi connectivity index (χ3v) is 4.65. The smallest absolute Gasteiger partial charge is 0.0473 e. The number of nitrogens with two attached hydrogens (primary N) is 1. The molecule has 0 radical (unpaired) electrons. The Balaban J connectivity index is 2.11. The van der Waals surface area contributed by atoms with Crippen molar-refractivity contribution in [3.8, 4) is 0 Å². The van der Waals surface area contributed by atoms with Gasteiger partial charge >= 0.3 is 0 Å². The molecule has 1 atom stereocenters. The zero-order chi connectivity index (χ0) is 14.8. The number of nitrogens with zero attached hydrogens (tertiary/aromatic N) is 1. The van der Waals surface area contributed by atoms with Crippen LogP contribution >= 0.6 is 15.9 Å². The molecule has 2 nitrogen and oxygen atoms in total. The second-order valence-corrected chi connectivity index (χ2v) is 7.44. The molecule has 2 rings (SSSR count). The standard InChI is InChI=1S/C17H25BrN2/c1-17(2,3)14-8-10-20(11-9-14)16(12-19)13-4-6-15(18)7-5-13/h4-8,16H,9-12,19H2,1-3H3. The molecule has 20 heavy (non-hydrogen) atoms. The van der Waals surface area contributed by atoms with Gasteiger partial charge in [-0.25, -0.2) is 0 Å². The average molecular weight is 337 g/mol. The lowest BCUT2D eigenvalue weighted by Crippen LogP contribution is -2.38. The Kier molecular flexibility index (Phi) is 5.05. The number of hydrogen-bond donors (Lipinski definition) is 1. The third-order valence-electron chi connectivity index (χ3n) is 4.12. The van der Waals surface area contributed by atoms with Crippen LogP contribution in [0.4, 0.5) is 0 Å². The average Bonchev–Trinajstić information content (AvgIpc) is 2.41. The summed E-state index contributed by atoms with van der Waals surface area (Å²) in [4.78, 5) is 2.48. The van der Waals surface area contributed by atoms with Gasteiger partial charge in [0.25, 0.3) is 0 Å². The van der Waals surface area contributed by atoms with Gasteiger partial charge in [0, 0.05) is 30.1 Å². The van der Waals surface area contributed by atoms with Crippen molar-refractivity contribution in [3.05, 3.63) is 46.0 Å². The molecule has 110 valence electrons. The van der Waals surface area contributed by atoms with E-state index in [-0.39, 0.29) is 0 Å². The van der Waals surface area contributed by atoms with E-state index in [2.05, 4.69) is 71.9 Å². The van der Waals surface area contributed by atoms with Crippen molar-refractivity contribution in [3.63, 3.8) is 0 Å². The quantitative estimate of drug-likeness (QED) is 0.841. The Morgan fingerprint density at radius 1 is 1.25 bits per heavy atom. The van der Waals surface area contributed by atoms with Crippen molar-refractivity contribution < 1.29 is 0 Å². The molecule has 2 N–H and O–H groups in total. The first-order valence-electron chi connectivity index (χ1n) is 7.31. The van der Waals surface area contributed by atoms with Crippen molar-refractivity contribution in [2.24, 2.45) is 11.1 Å².